The maximum Gasteiger partial charge on any atom is 0.339 e. The fourth-order valence-electron chi connectivity index (χ4n) is 5.94. The number of aromatic carboxylic acids is 1. The Morgan fingerprint density at radius 3 is 2.53 bits per heavy atom. The van der Waals surface area contributed by atoms with Crippen LogP contribution in [-0.4, -0.2) is 55.1 Å². The summed E-state index contributed by atoms with van der Waals surface area (Å²) in [5, 5.41) is 22.8. The molecule has 0 bridgehead atoms. The number of rotatable bonds is 15. The van der Waals surface area contributed by atoms with E-state index in [0.717, 1.165) is 36.9 Å². The molecule has 2 aromatic heterocycles. The van der Waals surface area contributed by atoms with Gasteiger partial charge in [0.25, 0.3) is 0 Å². The standard InChI is InChI=1S/C35H38N6O5S/c1-3-4-5-11-19-40(47(44,45)33-18-10-9-17-32(33)46-27-15-7-6-8-16-27)23-25-13-12-14-26(20-25)41-34(30(22-36-41)35(42)43)29-21-28(29)31-24-39(2)38-37-31/h6-10,12-18,20,22,24,28-29H,3-5,11,19,21,23H2,1-2H3,(H,42,43). The minimum atomic E-state index is -3.98. The van der Waals surface area contributed by atoms with Gasteiger partial charge in [0.2, 0.25) is 10.0 Å². The highest BCUT2D eigenvalue weighted by Gasteiger charge is 2.46. The highest BCUT2D eigenvalue weighted by molar-refractivity contribution is 7.89. The van der Waals surface area contributed by atoms with Gasteiger partial charge in [0.15, 0.2) is 0 Å². The van der Waals surface area contributed by atoms with Crippen molar-refractivity contribution in [2.75, 3.05) is 6.54 Å². The van der Waals surface area contributed by atoms with Gasteiger partial charge in [0.05, 0.1) is 23.3 Å². The number of carboxylic acids is 1. The number of nitrogens with zero attached hydrogens (tertiary/aromatic N) is 6. The monoisotopic (exact) mass is 654 g/mol. The molecule has 1 aliphatic rings. The van der Waals surface area contributed by atoms with E-state index in [2.05, 4.69) is 22.3 Å². The molecule has 0 amide bonds. The van der Waals surface area contributed by atoms with Gasteiger partial charge >= 0.3 is 5.97 Å². The molecule has 0 aliphatic heterocycles. The lowest BCUT2D eigenvalue weighted by atomic mass is 10.1. The predicted molar refractivity (Wildman–Crippen MR) is 176 cm³/mol. The molecule has 11 nitrogen and oxygen atoms in total. The van der Waals surface area contributed by atoms with E-state index in [9.17, 15) is 18.3 Å². The summed E-state index contributed by atoms with van der Waals surface area (Å²) >= 11 is 0. The molecule has 47 heavy (non-hydrogen) atoms. The third-order valence-electron chi connectivity index (χ3n) is 8.39. The molecule has 1 fully saturated rings. The van der Waals surface area contributed by atoms with Crippen molar-refractivity contribution in [2.24, 2.45) is 7.05 Å². The van der Waals surface area contributed by atoms with Gasteiger partial charge < -0.3 is 9.84 Å². The lowest BCUT2D eigenvalue weighted by Gasteiger charge is -2.24. The zero-order valence-electron chi connectivity index (χ0n) is 26.4. The van der Waals surface area contributed by atoms with E-state index in [1.165, 1.54) is 10.5 Å². The minimum absolute atomic E-state index is 0.0439. The number of benzene rings is 3. The summed E-state index contributed by atoms with van der Waals surface area (Å²) in [5.74, 6) is -0.281. The van der Waals surface area contributed by atoms with Crippen LogP contribution < -0.4 is 4.74 Å². The molecule has 0 spiro atoms. The molecule has 0 radical (unpaired) electrons. The molecule has 5 aromatic rings. The van der Waals surface area contributed by atoms with Gasteiger partial charge in [-0.2, -0.15) is 9.40 Å². The molecular formula is C35H38N6O5S. The van der Waals surface area contributed by atoms with E-state index >= 15 is 0 Å². The van der Waals surface area contributed by atoms with Crippen LogP contribution in [0.4, 0.5) is 0 Å². The van der Waals surface area contributed by atoms with Gasteiger partial charge in [-0.25, -0.2) is 17.9 Å². The maximum atomic E-state index is 14.3. The van der Waals surface area contributed by atoms with Gasteiger partial charge in [-0.3, -0.25) is 4.68 Å². The van der Waals surface area contributed by atoms with Crippen LogP contribution in [0.3, 0.4) is 0 Å². The zero-order valence-corrected chi connectivity index (χ0v) is 27.3. The highest BCUT2D eigenvalue weighted by Crippen LogP contribution is 2.55. The van der Waals surface area contributed by atoms with Crippen molar-refractivity contribution in [1.82, 2.24) is 29.1 Å². The molecule has 2 heterocycles. The molecule has 2 atom stereocenters. The summed E-state index contributed by atoms with van der Waals surface area (Å²) in [4.78, 5) is 12.3. The van der Waals surface area contributed by atoms with Crippen molar-refractivity contribution in [3.63, 3.8) is 0 Å². The van der Waals surface area contributed by atoms with Crippen LogP contribution in [0.2, 0.25) is 0 Å². The molecule has 2 unspecified atom stereocenters. The molecule has 1 aliphatic carbocycles. The van der Waals surface area contributed by atoms with Crippen LogP contribution in [-0.2, 0) is 23.6 Å². The number of unbranched alkanes of at least 4 members (excludes halogenated alkanes) is 3. The van der Waals surface area contributed by atoms with E-state index < -0.39 is 16.0 Å². The molecule has 244 valence electrons. The smallest absolute Gasteiger partial charge is 0.339 e. The molecule has 6 rings (SSSR count). The summed E-state index contributed by atoms with van der Waals surface area (Å²) in [6.45, 7) is 2.58. The number of ether oxygens (including phenoxy) is 1. The van der Waals surface area contributed by atoms with Gasteiger partial charge in [-0.15, -0.1) is 5.10 Å². The van der Waals surface area contributed by atoms with Crippen molar-refractivity contribution < 1.29 is 23.1 Å². The highest BCUT2D eigenvalue weighted by atomic mass is 32.2. The van der Waals surface area contributed by atoms with Crippen LogP contribution in [0.15, 0.2) is 96.2 Å². The molecular weight excluding hydrogens is 616 g/mol. The molecule has 3 aromatic carbocycles. The van der Waals surface area contributed by atoms with Crippen LogP contribution in [0.5, 0.6) is 11.5 Å². The second-order valence-electron chi connectivity index (χ2n) is 11.9. The van der Waals surface area contributed by atoms with Gasteiger partial charge in [0, 0.05) is 38.2 Å². The quantitative estimate of drug-likeness (QED) is 0.126. The molecule has 1 N–H and O–H groups in total. The van der Waals surface area contributed by atoms with Crippen LogP contribution >= 0.6 is 0 Å². The van der Waals surface area contributed by atoms with Gasteiger partial charge in [0.1, 0.15) is 22.0 Å². The van der Waals surface area contributed by atoms with Crippen LogP contribution in [0.1, 0.15) is 78.2 Å². The lowest BCUT2D eigenvalue weighted by molar-refractivity contribution is 0.0695. The van der Waals surface area contributed by atoms with E-state index in [0.29, 0.717) is 30.1 Å². The topological polar surface area (TPSA) is 132 Å². The summed E-state index contributed by atoms with van der Waals surface area (Å²) < 4.78 is 39.5. The fraction of sp³-hybridized carbons (Fsp3) is 0.314. The number of hydrogen-bond donors (Lipinski definition) is 1. The SMILES string of the molecule is CCCCCCN(Cc1cccc(-n2ncc(C(=O)O)c2C2CC2c2cn(C)nn2)c1)S(=O)(=O)c1ccccc1Oc1ccccc1. The maximum absolute atomic E-state index is 14.3. The summed E-state index contributed by atoms with van der Waals surface area (Å²) in [7, 11) is -2.18. The average Bonchev–Trinajstić information content (AvgIpc) is 3.51. The Balaban J connectivity index is 1.31. The number of aryl methyl sites for hydroxylation is 1. The Kier molecular flexibility index (Phi) is 9.50. The summed E-state index contributed by atoms with van der Waals surface area (Å²) in [6.07, 6.45) is 7.64. The third-order valence-corrected chi connectivity index (χ3v) is 10.3. The Hall–Kier alpha value is -4.81. The second kappa shape index (κ2) is 13.9. The third kappa shape index (κ3) is 7.13. The molecule has 12 heteroatoms. The van der Waals surface area contributed by atoms with Gasteiger partial charge in [-0.1, -0.05) is 73.9 Å². The number of para-hydroxylation sites is 2. The van der Waals surface area contributed by atoms with Crippen molar-refractivity contribution in [3.8, 4) is 17.2 Å². The van der Waals surface area contributed by atoms with Crippen LogP contribution in [0, 0.1) is 0 Å². The largest absolute Gasteiger partial charge is 0.478 e. The fourth-order valence-corrected chi connectivity index (χ4v) is 7.52. The zero-order chi connectivity index (χ0) is 33.0. The Bertz CT molecular complexity index is 1960. The summed E-state index contributed by atoms with van der Waals surface area (Å²) in [6, 6.07) is 23.3. The Morgan fingerprint density at radius 1 is 1.00 bits per heavy atom. The lowest BCUT2D eigenvalue weighted by Crippen LogP contribution is -2.32. The van der Waals surface area contributed by atoms with E-state index in [1.807, 2.05) is 48.7 Å². The normalized spacial score (nSPS) is 16.0. The first kappa shape index (κ1) is 32.1. The van der Waals surface area contributed by atoms with E-state index in [4.69, 9.17) is 4.74 Å². The van der Waals surface area contributed by atoms with Crippen molar-refractivity contribution in [1.29, 1.82) is 0 Å². The summed E-state index contributed by atoms with van der Waals surface area (Å²) in [5.41, 5.74) is 2.97. The van der Waals surface area contributed by atoms with Crippen LogP contribution in [0.25, 0.3) is 5.69 Å². The minimum Gasteiger partial charge on any atom is -0.478 e. The molecule has 1 saturated carbocycles. The molecule has 0 saturated heterocycles. The number of carboxylic acid groups (broad SMARTS) is 1. The second-order valence-corrected chi connectivity index (χ2v) is 13.8. The number of hydrogen-bond acceptors (Lipinski definition) is 7. The number of aromatic nitrogens is 5. The number of sulfonamides is 1. The first-order valence-corrected chi connectivity index (χ1v) is 17.3. The Morgan fingerprint density at radius 2 is 1.79 bits per heavy atom. The van der Waals surface area contributed by atoms with E-state index in [1.54, 1.807) is 52.8 Å². The average molecular weight is 655 g/mol. The first-order chi connectivity index (χ1) is 22.8. The van der Waals surface area contributed by atoms with Gasteiger partial charge in [-0.05, 0) is 54.8 Å². The van der Waals surface area contributed by atoms with E-state index in [-0.39, 0.29) is 34.6 Å². The van der Waals surface area contributed by atoms with Crippen molar-refractivity contribution in [2.45, 2.75) is 62.3 Å². The van der Waals surface area contributed by atoms with Crippen molar-refractivity contribution in [3.05, 3.63) is 114 Å². The predicted octanol–water partition coefficient (Wildman–Crippen LogP) is 6.53. The van der Waals surface area contributed by atoms with Crippen molar-refractivity contribution >= 4 is 16.0 Å². The number of carbonyl (C=O) groups is 1. The Labute approximate surface area is 274 Å². The first-order valence-electron chi connectivity index (χ1n) is 15.8.